The van der Waals surface area contributed by atoms with Crippen LogP contribution < -0.4 is 15.8 Å². The number of primary amides is 1. The zero-order chi connectivity index (χ0) is 18.2. The van der Waals surface area contributed by atoms with Crippen molar-refractivity contribution in [1.29, 1.82) is 0 Å². The Morgan fingerprint density at radius 2 is 1.84 bits per heavy atom. The quantitative estimate of drug-likeness (QED) is 0.795. The minimum absolute atomic E-state index is 0.00849. The number of carbonyl (C=O) groups is 2. The molecule has 0 aromatic heterocycles. The van der Waals surface area contributed by atoms with Crippen LogP contribution in [0.3, 0.4) is 0 Å². The van der Waals surface area contributed by atoms with Gasteiger partial charge in [-0.25, -0.2) is 4.79 Å². The van der Waals surface area contributed by atoms with Crippen molar-refractivity contribution in [3.05, 3.63) is 29.8 Å². The van der Waals surface area contributed by atoms with Crippen molar-refractivity contribution in [2.45, 2.75) is 39.2 Å². The van der Waals surface area contributed by atoms with Gasteiger partial charge < -0.3 is 20.7 Å². The molecule has 1 aliphatic carbocycles. The number of nitrogens with zero attached hydrogens (tertiary/aromatic N) is 1. The summed E-state index contributed by atoms with van der Waals surface area (Å²) >= 11 is 0. The highest BCUT2D eigenvalue weighted by molar-refractivity contribution is 5.76. The lowest BCUT2D eigenvalue weighted by Crippen LogP contribution is -2.42. The molecule has 0 bridgehead atoms. The summed E-state index contributed by atoms with van der Waals surface area (Å²) in [5.41, 5.74) is 6.43. The maximum absolute atomic E-state index is 12.4. The van der Waals surface area contributed by atoms with Crippen molar-refractivity contribution in [2.24, 2.45) is 17.6 Å². The first kappa shape index (κ1) is 19.1. The van der Waals surface area contributed by atoms with E-state index in [1.54, 1.807) is 12.0 Å². The third-order valence-corrected chi connectivity index (χ3v) is 4.99. The average Bonchev–Trinajstić information content (AvgIpc) is 2.65. The van der Waals surface area contributed by atoms with E-state index in [1.165, 1.54) is 0 Å². The van der Waals surface area contributed by atoms with Crippen LogP contribution in [-0.4, -0.2) is 37.0 Å². The lowest BCUT2D eigenvalue weighted by atomic mass is 9.82. The number of amides is 3. The highest BCUT2D eigenvalue weighted by Gasteiger charge is 2.25. The Morgan fingerprint density at radius 3 is 2.36 bits per heavy atom. The van der Waals surface area contributed by atoms with Crippen LogP contribution in [0.2, 0.25) is 0 Å². The van der Waals surface area contributed by atoms with Crippen molar-refractivity contribution in [3.63, 3.8) is 0 Å². The molecule has 0 atom stereocenters. The molecule has 138 valence electrons. The minimum Gasteiger partial charge on any atom is -0.497 e. The molecule has 3 amide bonds. The van der Waals surface area contributed by atoms with Gasteiger partial charge in [-0.05, 0) is 56.2 Å². The van der Waals surface area contributed by atoms with Crippen LogP contribution in [0.5, 0.6) is 5.75 Å². The van der Waals surface area contributed by atoms with Gasteiger partial charge in [-0.2, -0.15) is 0 Å². The fourth-order valence-electron chi connectivity index (χ4n) is 3.27. The molecule has 0 radical (unpaired) electrons. The van der Waals surface area contributed by atoms with E-state index in [4.69, 9.17) is 10.5 Å². The minimum atomic E-state index is -0.195. The fourth-order valence-corrected chi connectivity index (χ4v) is 3.27. The van der Waals surface area contributed by atoms with Crippen molar-refractivity contribution in [1.82, 2.24) is 10.2 Å². The predicted octanol–water partition coefficient (Wildman–Crippen LogP) is 2.52. The van der Waals surface area contributed by atoms with E-state index >= 15 is 0 Å². The molecule has 1 fully saturated rings. The summed E-state index contributed by atoms with van der Waals surface area (Å²) in [5.74, 6) is 1.05. The highest BCUT2D eigenvalue weighted by atomic mass is 16.5. The molecule has 6 nitrogen and oxygen atoms in total. The molecule has 0 spiro atoms. The zero-order valence-electron chi connectivity index (χ0n) is 15.2. The molecule has 3 N–H and O–H groups in total. The van der Waals surface area contributed by atoms with Crippen molar-refractivity contribution in [2.75, 3.05) is 20.2 Å². The Bertz CT molecular complexity index is 566. The number of ether oxygens (including phenoxy) is 1. The molecule has 0 saturated heterocycles. The molecular weight excluding hydrogens is 318 g/mol. The van der Waals surface area contributed by atoms with E-state index < -0.39 is 0 Å². The number of hydrogen-bond donors (Lipinski definition) is 2. The summed E-state index contributed by atoms with van der Waals surface area (Å²) in [7, 11) is 1.64. The molecule has 1 aliphatic rings. The number of rotatable bonds is 7. The Hall–Kier alpha value is -2.24. The van der Waals surface area contributed by atoms with Crippen LogP contribution in [0.15, 0.2) is 24.3 Å². The number of urea groups is 1. The van der Waals surface area contributed by atoms with E-state index in [-0.39, 0.29) is 17.9 Å². The van der Waals surface area contributed by atoms with Crippen molar-refractivity contribution in [3.8, 4) is 5.75 Å². The van der Waals surface area contributed by atoms with Gasteiger partial charge in [0.05, 0.1) is 7.11 Å². The largest absolute Gasteiger partial charge is 0.497 e. The van der Waals surface area contributed by atoms with Crippen LogP contribution in [0.1, 0.15) is 38.2 Å². The molecule has 25 heavy (non-hydrogen) atoms. The van der Waals surface area contributed by atoms with Gasteiger partial charge in [0, 0.05) is 25.6 Å². The van der Waals surface area contributed by atoms with Gasteiger partial charge in [-0.3, -0.25) is 4.79 Å². The first-order valence-electron chi connectivity index (χ1n) is 8.98. The fraction of sp³-hybridized carbons (Fsp3) is 0.579. The van der Waals surface area contributed by atoms with Gasteiger partial charge in [-0.15, -0.1) is 0 Å². The molecule has 1 saturated carbocycles. The molecule has 1 aromatic carbocycles. The predicted molar refractivity (Wildman–Crippen MR) is 97.1 cm³/mol. The second-order valence-electron chi connectivity index (χ2n) is 6.67. The van der Waals surface area contributed by atoms with Crippen LogP contribution in [0.4, 0.5) is 4.79 Å². The SMILES string of the molecule is CCN(Cc1ccc(OC)cc1)C(=O)NCC1CCC(C(N)=O)CC1. The van der Waals surface area contributed by atoms with E-state index in [0.29, 0.717) is 25.6 Å². The van der Waals surface area contributed by atoms with Gasteiger partial charge >= 0.3 is 6.03 Å². The molecule has 1 aromatic rings. The molecule has 0 heterocycles. The first-order chi connectivity index (χ1) is 12.0. The standard InChI is InChI=1S/C19H29N3O3/c1-3-22(13-15-6-10-17(25-2)11-7-15)19(24)21-12-14-4-8-16(9-5-14)18(20)23/h6-7,10-11,14,16H,3-5,8-9,12-13H2,1-2H3,(H2,20,23)(H,21,24). The van der Waals surface area contributed by atoms with E-state index in [9.17, 15) is 9.59 Å². The van der Waals surface area contributed by atoms with E-state index in [1.807, 2.05) is 31.2 Å². The smallest absolute Gasteiger partial charge is 0.317 e. The maximum atomic E-state index is 12.4. The number of carbonyl (C=O) groups excluding carboxylic acids is 2. The Labute approximate surface area is 149 Å². The third kappa shape index (κ3) is 5.66. The monoisotopic (exact) mass is 347 g/mol. The summed E-state index contributed by atoms with van der Waals surface area (Å²) in [6.45, 7) is 3.84. The summed E-state index contributed by atoms with van der Waals surface area (Å²) in [6.07, 6.45) is 3.55. The van der Waals surface area contributed by atoms with Crippen LogP contribution >= 0.6 is 0 Å². The normalized spacial score (nSPS) is 19.9. The topological polar surface area (TPSA) is 84.7 Å². The van der Waals surface area contributed by atoms with Crippen LogP contribution in [0.25, 0.3) is 0 Å². The Morgan fingerprint density at radius 1 is 1.20 bits per heavy atom. The second-order valence-corrected chi connectivity index (χ2v) is 6.67. The molecular formula is C19H29N3O3. The number of methoxy groups -OCH3 is 1. The van der Waals surface area contributed by atoms with Gasteiger partial charge in [0.1, 0.15) is 5.75 Å². The third-order valence-electron chi connectivity index (χ3n) is 4.99. The number of nitrogens with one attached hydrogen (secondary N) is 1. The Balaban J connectivity index is 1.78. The summed E-state index contributed by atoms with van der Waals surface area (Å²) in [5, 5.41) is 3.04. The molecule has 2 rings (SSSR count). The molecule has 0 unspecified atom stereocenters. The van der Waals surface area contributed by atoms with E-state index in [2.05, 4.69) is 5.32 Å². The van der Waals surface area contributed by atoms with Gasteiger partial charge in [0.15, 0.2) is 0 Å². The highest BCUT2D eigenvalue weighted by Crippen LogP contribution is 2.28. The summed E-state index contributed by atoms with van der Waals surface area (Å²) in [6, 6.07) is 7.70. The number of hydrogen-bond acceptors (Lipinski definition) is 3. The molecule has 6 heteroatoms. The number of benzene rings is 1. The Kier molecular flexibility index (Phi) is 7.10. The second kappa shape index (κ2) is 9.30. The average molecular weight is 347 g/mol. The maximum Gasteiger partial charge on any atom is 0.317 e. The van der Waals surface area contributed by atoms with Gasteiger partial charge in [0.2, 0.25) is 5.91 Å². The zero-order valence-corrected chi connectivity index (χ0v) is 15.2. The lowest BCUT2D eigenvalue weighted by molar-refractivity contribution is -0.122. The summed E-state index contributed by atoms with van der Waals surface area (Å²) < 4.78 is 5.15. The summed E-state index contributed by atoms with van der Waals surface area (Å²) in [4.78, 5) is 25.4. The van der Waals surface area contributed by atoms with Gasteiger partial charge in [0.25, 0.3) is 0 Å². The van der Waals surface area contributed by atoms with E-state index in [0.717, 1.165) is 37.0 Å². The van der Waals surface area contributed by atoms with Crippen LogP contribution in [0, 0.1) is 11.8 Å². The molecule has 0 aliphatic heterocycles. The lowest BCUT2D eigenvalue weighted by Gasteiger charge is -2.28. The van der Waals surface area contributed by atoms with Crippen molar-refractivity contribution >= 4 is 11.9 Å². The van der Waals surface area contributed by atoms with Gasteiger partial charge in [-0.1, -0.05) is 12.1 Å². The van der Waals surface area contributed by atoms with Crippen LogP contribution in [-0.2, 0) is 11.3 Å². The number of nitrogens with two attached hydrogens (primary N) is 1. The van der Waals surface area contributed by atoms with Crippen molar-refractivity contribution < 1.29 is 14.3 Å². The first-order valence-corrected chi connectivity index (χ1v) is 8.98.